The fourth-order valence-electron chi connectivity index (χ4n) is 2.05. The number of aromatic nitrogens is 1. The summed E-state index contributed by atoms with van der Waals surface area (Å²) < 4.78 is 34.7. The summed E-state index contributed by atoms with van der Waals surface area (Å²) in [6.07, 6.45) is 2.50. The Hall–Kier alpha value is -1.38. The largest absolute Gasteiger partial charge is 0.455 e. The van der Waals surface area contributed by atoms with Crippen molar-refractivity contribution in [2.45, 2.75) is 37.3 Å². The van der Waals surface area contributed by atoms with Gasteiger partial charge in [-0.05, 0) is 12.5 Å². The van der Waals surface area contributed by atoms with E-state index in [0.29, 0.717) is 26.2 Å². The van der Waals surface area contributed by atoms with Crippen LogP contribution >= 0.6 is 0 Å². The molecule has 0 saturated carbocycles. The molecule has 1 aliphatic heterocycles. The Morgan fingerprint density at radius 1 is 1.60 bits per heavy atom. The maximum absolute atomic E-state index is 12.1. The first kappa shape index (κ1) is 15.0. The van der Waals surface area contributed by atoms with Crippen molar-refractivity contribution in [3.8, 4) is 0 Å². The van der Waals surface area contributed by atoms with Gasteiger partial charge in [-0.1, -0.05) is 6.92 Å². The van der Waals surface area contributed by atoms with Gasteiger partial charge in [0.2, 0.25) is 10.0 Å². The van der Waals surface area contributed by atoms with E-state index in [0.717, 1.165) is 6.42 Å². The number of ether oxygens (including phenoxy) is 2. The van der Waals surface area contributed by atoms with Crippen LogP contribution < -0.4 is 5.14 Å². The number of esters is 1. The SMILES string of the molecule is CCCn1cc(S(N)(=O)=O)cc1C(=O)OC1CCOC1. The van der Waals surface area contributed by atoms with Crippen molar-refractivity contribution >= 4 is 16.0 Å². The number of aryl methyl sites for hydroxylation is 1. The lowest BCUT2D eigenvalue weighted by Crippen LogP contribution is -2.20. The van der Waals surface area contributed by atoms with Crippen LogP contribution in [-0.2, 0) is 26.0 Å². The Morgan fingerprint density at radius 3 is 2.90 bits per heavy atom. The molecule has 112 valence electrons. The second-order valence-corrected chi connectivity index (χ2v) is 6.25. The quantitative estimate of drug-likeness (QED) is 0.798. The fraction of sp³-hybridized carbons (Fsp3) is 0.583. The monoisotopic (exact) mass is 302 g/mol. The van der Waals surface area contributed by atoms with E-state index in [9.17, 15) is 13.2 Å². The Morgan fingerprint density at radius 2 is 2.35 bits per heavy atom. The Labute approximate surface area is 117 Å². The summed E-state index contributed by atoms with van der Waals surface area (Å²) in [5.74, 6) is -0.552. The Bertz CT molecular complexity index is 587. The lowest BCUT2D eigenvalue weighted by Gasteiger charge is -2.11. The number of nitrogens with zero attached hydrogens (tertiary/aromatic N) is 1. The average molecular weight is 302 g/mol. The molecule has 1 aromatic heterocycles. The highest BCUT2D eigenvalue weighted by Crippen LogP contribution is 2.17. The molecular formula is C12H18N2O5S. The molecule has 2 rings (SSSR count). The van der Waals surface area contributed by atoms with Crippen LogP contribution in [0.2, 0.25) is 0 Å². The van der Waals surface area contributed by atoms with Gasteiger partial charge in [0.1, 0.15) is 16.7 Å². The number of sulfonamides is 1. The van der Waals surface area contributed by atoms with Crippen LogP contribution in [0.15, 0.2) is 17.2 Å². The van der Waals surface area contributed by atoms with Gasteiger partial charge in [0.25, 0.3) is 0 Å². The highest BCUT2D eigenvalue weighted by Gasteiger charge is 2.24. The van der Waals surface area contributed by atoms with E-state index in [-0.39, 0.29) is 16.7 Å². The molecule has 1 atom stereocenters. The third kappa shape index (κ3) is 3.38. The van der Waals surface area contributed by atoms with Crippen LogP contribution in [0.25, 0.3) is 0 Å². The minimum absolute atomic E-state index is 0.0828. The first-order chi connectivity index (χ1) is 9.41. The number of rotatable bonds is 5. The molecule has 0 aromatic carbocycles. The summed E-state index contributed by atoms with van der Waals surface area (Å²) in [7, 11) is -3.84. The zero-order chi connectivity index (χ0) is 14.8. The smallest absolute Gasteiger partial charge is 0.355 e. The van der Waals surface area contributed by atoms with E-state index in [1.54, 1.807) is 4.57 Å². The molecule has 2 N–H and O–H groups in total. The number of primary sulfonamides is 1. The second kappa shape index (κ2) is 5.94. The van der Waals surface area contributed by atoms with E-state index >= 15 is 0 Å². The van der Waals surface area contributed by atoms with Crippen molar-refractivity contribution in [1.29, 1.82) is 0 Å². The molecule has 0 aliphatic carbocycles. The standard InChI is InChI=1S/C12H18N2O5S/c1-2-4-14-7-10(20(13,16)17)6-11(14)12(15)19-9-3-5-18-8-9/h6-7,9H,2-5,8H2,1H3,(H2,13,16,17). The van der Waals surface area contributed by atoms with Gasteiger partial charge in [0, 0.05) is 19.2 Å². The lowest BCUT2D eigenvalue weighted by molar-refractivity contribution is 0.0258. The summed E-state index contributed by atoms with van der Waals surface area (Å²) >= 11 is 0. The first-order valence-electron chi connectivity index (χ1n) is 6.43. The topological polar surface area (TPSA) is 101 Å². The van der Waals surface area contributed by atoms with Crippen molar-refractivity contribution in [2.24, 2.45) is 5.14 Å². The van der Waals surface area contributed by atoms with Crippen LogP contribution in [-0.4, -0.2) is 38.3 Å². The molecular weight excluding hydrogens is 284 g/mol. The van der Waals surface area contributed by atoms with Crippen molar-refractivity contribution in [3.63, 3.8) is 0 Å². The molecule has 1 aliphatic rings. The zero-order valence-corrected chi connectivity index (χ0v) is 12.1. The zero-order valence-electron chi connectivity index (χ0n) is 11.2. The predicted octanol–water partition coefficient (Wildman–Crippen LogP) is 0.491. The molecule has 8 heteroatoms. The van der Waals surface area contributed by atoms with Crippen molar-refractivity contribution in [1.82, 2.24) is 4.57 Å². The van der Waals surface area contributed by atoms with Gasteiger partial charge in [-0.15, -0.1) is 0 Å². The molecule has 0 radical (unpaired) electrons. The molecule has 1 fully saturated rings. The molecule has 1 aromatic rings. The summed E-state index contributed by atoms with van der Waals surface area (Å²) in [5.41, 5.74) is 0.197. The molecule has 0 amide bonds. The van der Waals surface area contributed by atoms with Crippen LogP contribution in [0, 0.1) is 0 Å². The molecule has 7 nitrogen and oxygen atoms in total. The normalized spacial score (nSPS) is 19.2. The summed E-state index contributed by atoms with van der Waals surface area (Å²) in [5, 5.41) is 5.09. The average Bonchev–Trinajstić information content (AvgIpc) is 2.97. The lowest BCUT2D eigenvalue weighted by atomic mass is 10.3. The van der Waals surface area contributed by atoms with Gasteiger partial charge in [-0.25, -0.2) is 18.4 Å². The van der Waals surface area contributed by atoms with Crippen LogP contribution in [0.5, 0.6) is 0 Å². The second-order valence-electron chi connectivity index (χ2n) is 4.69. The minimum Gasteiger partial charge on any atom is -0.455 e. The van der Waals surface area contributed by atoms with E-state index in [1.165, 1.54) is 12.3 Å². The molecule has 0 bridgehead atoms. The molecule has 1 unspecified atom stereocenters. The fourth-order valence-corrected chi connectivity index (χ4v) is 2.60. The van der Waals surface area contributed by atoms with Gasteiger partial charge in [0.05, 0.1) is 13.2 Å². The summed E-state index contributed by atoms with van der Waals surface area (Å²) in [4.78, 5) is 12.0. The van der Waals surface area contributed by atoms with Gasteiger partial charge >= 0.3 is 5.97 Å². The van der Waals surface area contributed by atoms with E-state index in [2.05, 4.69) is 0 Å². The van der Waals surface area contributed by atoms with Gasteiger partial charge in [0.15, 0.2) is 0 Å². The van der Waals surface area contributed by atoms with Gasteiger partial charge < -0.3 is 14.0 Å². The maximum Gasteiger partial charge on any atom is 0.355 e. The first-order valence-corrected chi connectivity index (χ1v) is 7.98. The Kier molecular flexibility index (Phi) is 4.46. The van der Waals surface area contributed by atoms with E-state index < -0.39 is 16.0 Å². The third-order valence-corrected chi connectivity index (χ3v) is 3.92. The van der Waals surface area contributed by atoms with E-state index in [4.69, 9.17) is 14.6 Å². The minimum atomic E-state index is -3.84. The number of carbonyl (C=O) groups is 1. The number of nitrogens with two attached hydrogens (primary N) is 1. The third-order valence-electron chi connectivity index (χ3n) is 3.04. The van der Waals surface area contributed by atoms with Crippen LogP contribution in [0.1, 0.15) is 30.3 Å². The summed E-state index contributed by atoms with van der Waals surface area (Å²) in [6.45, 7) is 3.39. The van der Waals surface area contributed by atoms with Crippen molar-refractivity contribution < 1.29 is 22.7 Å². The van der Waals surface area contributed by atoms with Crippen LogP contribution in [0.3, 0.4) is 0 Å². The van der Waals surface area contributed by atoms with Crippen molar-refractivity contribution in [3.05, 3.63) is 18.0 Å². The Balaban J connectivity index is 2.23. The van der Waals surface area contributed by atoms with Crippen molar-refractivity contribution in [2.75, 3.05) is 13.2 Å². The highest BCUT2D eigenvalue weighted by atomic mass is 32.2. The molecule has 20 heavy (non-hydrogen) atoms. The van der Waals surface area contributed by atoms with Gasteiger partial charge in [-0.2, -0.15) is 0 Å². The van der Waals surface area contributed by atoms with Crippen LogP contribution in [0.4, 0.5) is 0 Å². The van der Waals surface area contributed by atoms with Gasteiger partial charge in [-0.3, -0.25) is 0 Å². The van der Waals surface area contributed by atoms with E-state index in [1.807, 2.05) is 6.92 Å². The number of hydrogen-bond acceptors (Lipinski definition) is 5. The maximum atomic E-state index is 12.1. The predicted molar refractivity (Wildman–Crippen MR) is 70.7 cm³/mol. The molecule has 0 spiro atoms. The summed E-state index contributed by atoms with van der Waals surface area (Å²) in [6, 6.07) is 1.25. The number of hydrogen-bond donors (Lipinski definition) is 1. The molecule has 1 saturated heterocycles. The highest BCUT2D eigenvalue weighted by molar-refractivity contribution is 7.89. The molecule has 2 heterocycles. The number of carbonyl (C=O) groups excluding carboxylic acids is 1.